The number of amides is 1. The van der Waals surface area contributed by atoms with Crippen LogP contribution >= 0.6 is 9.24 Å². The van der Waals surface area contributed by atoms with Crippen molar-refractivity contribution in [3.8, 4) is 5.88 Å². The van der Waals surface area contributed by atoms with Gasteiger partial charge in [-0.3, -0.25) is 4.79 Å². The lowest BCUT2D eigenvalue weighted by molar-refractivity contribution is -0.142. The molecule has 4 heterocycles. The highest BCUT2D eigenvalue weighted by molar-refractivity contribution is 7.27. The van der Waals surface area contributed by atoms with E-state index in [9.17, 15) is 18.0 Å². The molecule has 190 valence electrons. The van der Waals surface area contributed by atoms with Crippen LogP contribution in [0.3, 0.4) is 0 Å². The number of aryl methyl sites for hydroxylation is 1. The summed E-state index contributed by atoms with van der Waals surface area (Å²) in [6.45, 7) is 0.167. The van der Waals surface area contributed by atoms with Crippen LogP contribution in [0.4, 0.5) is 13.2 Å². The van der Waals surface area contributed by atoms with Gasteiger partial charge in [-0.05, 0) is 25.3 Å². The van der Waals surface area contributed by atoms with Gasteiger partial charge in [0.2, 0.25) is 11.8 Å². The summed E-state index contributed by atoms with van der Waals surface area (Å²) in [5.74, 6) is 0.261. The third kappa shape index (κ3) is 4.34. The molecule has 0 bridgehead atoms. The summed E-state index contributed by atoms with van der Waals surface area (Å²) in [5.41, 5.74) is 1.69. The van der Waals surface area contributed by atoms with Gasteiger partial charge >= 0.3 is 6.18 Å². The van der Waals surface area contributed by atoms with Crippen LogP contribution in [0.5, 0.6) is 5.88 Å². The van der Waals surface area contributed by atoms with Gasteiger partial charge in [-0.15, -0.1) is 0 Å². The molecule has 2 aliphatic rings. The summed E-state index contributed by atoms with van der Waals surface area (Å²) in [7, 11) is 5.98. The number of alkyl halides is 3. The Morgan fingerprint density at radius 3 is 2.67 bits per heavy atom. The molecule has 3 aromatic heterocycles. The zero-order valence-electron chi connectivity index (χ0n) is 20.0. The zero-order valence-corrected chi connectivity index (χ0v) is 21.1. The highest BCUT2D eigenvalue weighted by atomic mass is 31.0. The minimum absolute atomic E-state index is 0.0134. The molecular weight excluding hydrogens is 492 g/mol. The van der Waals surface area contributed by atoms with Gasteiger partial charge in [0.05, 0.1) is 24.7 Å². The van der Waals surface area contributed by atoms with Crippen molar-refractivity contribution in [2.45, 2.75) is 50.7 Å². The molecule has 1 unspecified atom stereocenters. The maximum absolute atomic E-state index is 13.8. The van der Waals surface area contributed by atoms with E-state index >= 15 is 0 Å². The lowest BCUT2D eigenvalue weighted by Gasteiger charge is -2.29. The van der Waals surface area contributed by atoms with Crippen LogP contribution in [0.25, 0.3) is 17.1 Å². The monoisotopic (exact) mass is 518 g/mol. The standard InChI is InChI=1S/C24H26F3N6O2P/c1-32-21-18(22(35-2)29-12-28-21)15(23(32)36)7-8-17(34)33-10-9-14-16(11-33)30-20(13-5-3-4-6-13)31-19(14)24(25,26)27/h7-8,12-13H,3-6,9-11,36H2,1-2H3/b8-7+. The first kappa shape index (κ1) is 24.6. The highest BCUT2D eigenvalue weighted by Crippen LogP contribution is 2.38. The number of hydrogen-bond acceptors (Lipinski definition) is 6. The Labute approximate surface area is 208 Å². The second kappa shape index (κ2) is 9.42. The largest absolute Gasteiger partial charge is 0.480 e. The summed E-state index contributed by atoms with van der Waals surface area (Å²) in [4.78, 5) is 31.6. The first-order valence-corrected chi connectivity index (χ1v) is 12.3. The van der Waals surface area contributed by atoms with E-state index in [0.29, 0.717) is 28.2 Å². The number of hydrogen-bond donors (Lipinski definition) is 0. The third-order valence-electron chi connectivity index (χ3n) is 6.99. The van der Waals surface area contributed by atoms with Gasteiger partial charge < -0.3 is 14.2 Å². The highest BCUT2D eigenvalue weighted by Gasteiger charge is 2.40. The molecule has 1 atom stereocenters. The van der Waals surface area contributed by atoms with Gasteiger partial charge in [-0.2, -0.15) is 13.2 Å². The summed E-state index contributed by atoms with van der Waals surface area (Å²) in [6, 6.07) is 0. The summed E-state index contributed by atoms with van der Waals surface area (Å²) >= 11 is 0. The van der Waals surface area contributed by atoms with Crippen molar-refractivity contribution < 1.29 is 22.7 Å². The Hall–Kier alpha value is -3.07. The fourth-order valence-corrected chi connectivity index (χ4v) is 5.46. The fraction of sp³-hybridized carbons (Fsp3) is 0.458. The van der Waals surface area contributed by atoms with E-state index in [0.717, 1.165) is 31.1 Å². The molecule has 0 aromatic carbocycles. The van der Waals surface area contributed by atoms with Gasteiger partial charge in [0.1, 0.15) is 17.8 Å². The van der Waals surface area contributed by atoms with Crippen LogP contribution in [-0.4, -0.2) is 49.0 Å². The quantitative estimate of drug-likeness (QED) is 0.388. The Morgan fingerprint density at radius 1 is 1.22 bits per heavy atom. The van der Waals surface area contributed by atoms with E-state index in [4.69, 9.17) is 4.74 Å². The molecule has 36 heavy (non-hydrogen) atoms. The van der Waals surface area contributed by atoms with Crippen molar-refractivity contribution in [1.82, 2.24) is 29.4 Å². The average molecular weight is 518 g/mol. The molecule has 0 spiro atoms. The van der Waals surface area contributed by atoms with Crippen LogP contribution in [0.15, 0.2) is 12.4 Å². The van der Waals surface area contributed by atoms with Gasteiger partial charge in [0.25, 0.3) is 0 Å². The normalized spacial score (nSPS) is 16.8. The molecule has 3 aromatic rings. The lowest BCUT2D eigenvalue weighted by Crippen LogP contribution is -2.37. The summed E-state index contributed by atoms with van der Waals surface area (Å²) in [6.07, 6.45) is 3.49. The molecule has 0 radical (unpaired) electrons. The maximum atomic E-state index is 13.8. The number of carbonyl (C=O) groups excluding carboxylic acids is 1. The average Bonchev–Trinajstić information content (AvgIpc) is 3.48. The molecule has 8 nitrogen and oxygen atoms in total. The number of carbonyl (C=O) groups is 1. The molecule has 1 fully saturated rings. The lowest BCUT2D eigenvalue weighted by atomic mass is 10.00. The van der Waals surface area contributed by atoms with E-state index in [1.165, 1.54) is 24.4 Å². The number of fused-ring (bicyclic) bond motifs is 2. The van der Waals surface area contributed by atoms with E-state index in [-0.39, 0.29) is 42.7 Å². The predicted octanol–water partition coefficient (Wildman–Crippen LogP) is 3.54. The number of aromatic nitrogens is 5. The minimum atomic E-state index is -4.56. The van der Waals surface area contributed by atoms with Gasteiger partial charge in [-0.25, -0.2) is 19.9 Å². The van der Waals surface area contributed by atoms with E-state index < -0.39 is 11.9 Å². The smallest absolute Gasteiger partial charge is 0.433 e. The van der Waals surface area contributed by atoms with Crippen molar-refractivity contribution in [3.63, 3.8) is 0 Å². The number of methoxy groups -OCH3 is 1. The molecule has 1 aliphatic heterocycles. The summed E-state index contributed by atoms with van der Waals surface area (Å²) in [5, 5.41) is 0.671. The van der Waals surface area contributed by atoms with Crippen molar-refractivity contribution in [2.24, 2.45) is 7.05 Å². The first-order chi connectivity index (χ1) is 17.2. The van der Waals surface area contributed by atoms with Gasteiger partial charge in [0.15, 0.2) is 5.69 Å². The minimum Gasteiger partial charge on any atom is -0.480 e. The Bertz CT molecular complexity index is 1360. The first-order valence-electron chi connectivity index (χ1n) is 11.8. The predicted molar refractivity (Wildman–Crippen MR) is 131 cm³/mol. The molecule has 1 saturated carbocycles. The molecule has 1 aliphatic carbocycles. The number of ether oxygens (including phenoxy) is 1. The van der Waals surface area contributed by atoms with Crippen LogP contribution in [0.1, 0.15) is 59.9 Å². The molecular formula is C24H26F3N6O2P. The van der Waals surface area contributed by atoms with Crippen molar-refractivity contribution in [3.05, 3.63) is 40.7 Å². The molecule has 1 amide bonds. The SMILES string of the molecule is COc1ncnc2c1c(/C=C/C(=O)N1CCc3c(nc(C4CCCC4)nc3C(F)(F)F)C1)c(P)n2C. The van der Waals surface area contributed by atoms with Crippen LogP contribution < -0.4 is 10.2 Å². The van der Waals surface area contributed by atoms with E-state index in [1.807, 2.05) is 11.6 Å². The van der Waals surface area contributed by atoms with E-state index in [1.54, 1.807) is 6.08 Å². The van der Waals surface area contributed by atoms with Crippen LogP contribution in [0.2, 0.25) is 0 Å². The Morgan fingerprint density at radius 2 is 1.97 bits per heavy atom. The zero-order chi connectivity index (χ0) is 25.6. The second-order valence-corrected chi connectivity index (χ2v) is 9.66. The molecule has 0 N–H and O–H groups in total. The van der Waals surface area contributed by atoms with Gasteiger partial charge in [0, 0.05) is 42.1 Å². The van der Waals surface area contributed by atoms with Crippen molar-refractivity contribution >= 4 is 37.7 Å². The second-order valence-electron chi connectivity index (χ2n) is 9.12. The van der Waals surface area contributed by atoms with Crippen molar-refractivity contribution in [2.75, 3.05) is 13.7 Å². The molecule has 5 rings (SSSR count). The van der Waals surface area contributed by atoms with Crippen molar-refractivity contribution in [1.29, 1.82) is 0 Å². The number of rotatable bonds is 4. The number of nitrogens with zero attached hydrogens (tertiary/aromatic N) is 6. The van der Waals surface area contributed by atoms with Gasteiger partial charge in [-0.1, -0.05) is 22.1 Å². The third-order valence-corrected chi connectivity index (χ3v) is 7.68. The Balaban J connectivity index is 1.45. The molecule has 12 heteroatoms. The fourth-order valence-electron chi connectivity index (χ4n) is 5.10. The number of halogens is 3. The van der Waals surface area contributed by atoms with Crippen LogP contribution in [-0.2, 0) is 31.0 Å². The maximum Gasteiger partial charge on any atom is 0.433 e. The van der Waals surface area contributed by atoms with E-state index in [2.05, 4.69) is 29.2 Å². The Kier molecular flexibility index (Phi) is 6.44. The summed E-state index contributed by atoms with van der Waals surface area (Å²) < 4.78 is 48.7. The van der Waals surface area contributed by atoms with Crippen LogP contribution in [0, 0.1) is 0 Å². The molecule has 0 saturated heterocycles. The topological polar surface area (TPSA) is 86.0 Å².